The molecule has 1 unspecified atom stereocenters. The lowest BCUT2D eigenvalue weighted by atomic mass is 10.1. The van der Waals surface area contributed by atoms with Crippen molar-refractivity contribution in [2.75, 3.05) is 25.0 Å². The van der Waals surface area contributed by atoms with E-state index in [2.05, 4.69) is 34.0 Å². The summed E-state index contributed by atoms with van der Waals surface area (Å²) in [4.78, 5) is 11.0. The highest BCUT2D eigenvalue weighted by Gasteiger charge is 2.13. The van der Waals surface area contributed by atoms with E-state index >= 15 is 0 Å². The molecule has 0 saturated carbocycles. The van der Waals surface area contributed by atoms with Crippen LogP contribution in [0.4, 0.5) is 5.82 Å². The van der Waals surface area contributed by atoms with Crippen molar-refractivity contribution in [2.45, 2.75) is 45.6 Å². The summed E-state index contributed by atoms with van der Waals surface area (Å²) in [6.07, 6.45) is 6.69. The molecule has 4 heteroatoms. The van der Waals surface area contributed by atoms with Crippen LogP contribution in [-0.4, -0.2) is 40.5 Å². The molecule has 4 nitrogen and oxygen atoms in total. The van der Waals surface area contributed by atoms with Gasteiger partial charge in [-0.15, -0.1) is 0 Å². The first kappa shape index (κ1) is 13.3. The summed E-state index contributed by atoms with van der Waals surface area (Å²) in [5.41, 5.74) is 1.10. The minimum Gasteiger partial charge on any atom is -0.366 e. The van der Waals surface area contributed by atoms with Gasteiger partial charge in [-0.25, -0.2) is 9.97 Å². The Balaban J connectivity index is 1.83. The third-order valence-corrected chi connectivity index (χ3v) is 3.46. The second kappa shape index (κ2) is 6.69. The maximum atomic E-state index is 4.28. The van der Waals surface area contributed by atoms with E-state index in [1.165, 1.54) is 32.4 Å². The highest BCUT2D eigenvalue weighted by atomic mass is 15.2. The molecular formula is C14H24N4. The van der Waals surface area contributed by atoms with Crippen LogP contribution in [0, 0.1) is 0 Å². The summed E-state index contributed by atoms with van der Waals surface area (Å²) >= 11 is 0. The smallest absolute Gasteiger partial charge is 0.129 e. The number of piperidine rings is 1. The molecule has 2 heterocycles. The second-order valence-corrected chi connectivity index (χ2v) is 5.15. The van der Waals surface area contributed by atoms with E-state index in [4.69, 9.17) is 0 Å². The molecule has 2 rings (SSSR count). The zero-order valence-corrected chi connectivity index (χ0v) is 11.5. The topological polar surface area (TPSA) is 41.0 Å². The largest absolute Gasteiger partial charge is 0.366 e. The molecular weight excluding hydrogens is 224 g/mol. The van der Waals surface area contributed by atoms with Crippen molar-refractivity contribution >= 4 is 5.82 Å². The lowest BCUT2D eigenvalue weighted by Crippen LogP contribution is -2.38. The molecule has 0 bridgehead atoms. The number of aromatic nitrogens is 2. The number of nitrogens with one attached hydrogen (secondary N) is 1. The number of hydrogen-bond acceptors (Lipinski definition) is 4. The van der Waals surface area contributed by atoms with Crippen LogP contribution < -0.4 is 5.32 Å². The van der Waals surface area contributed by atoms with Crippen LogP contribution in [0.2, 0.25) is 0 Å². The fraction of sp³-hybridized carbons (Fsp3) is 0.714. The quantitative estimate of drug-likeness (QED) is 0.868. The van der Waals surface area contributed by atoms with Crippen molar-refractivity contribution in [1.82, 2.24) is 14.9 Å². The molecule has 0 aromatic carbocycles. The average molecular weight is 248 g/mol. The first-order chi connectivity index (χ1) is 8.78. The Morgan fingerprint density at radius 1 is 1.28 bits per heavy atom. The number of likely N-dealkylation sites (tertiary alicyclic amines) is 1. The van der Waals surface area contributed by atoms with Crippen LogP contribution in [0.3, 0.4) is 0 Å². The predicted octanol–water partition coefficient (Wildman–Crippen LogP) is 2.33. The Bertz CT molecular complexity index is 361. The first-order valence-corrected chi connectivity index (χ1v) is 7.07. The second-order valence-electron chi connectivity index (χ2n) is 5.15. The van der Waals surface area contributed by atoms with Gasteiger partial charge in [-0.05, 0) is 39.3 Å². The standard InChI is InChI=1S/C14H24N4/c1-3-13-9-14(16-11-15-13)17-12(2)10-18-7-5-4-6-8-18/h9,11-12H,3-8,10H2,1-2H3,(H,15,16,17). The molecule has 0 aliphatic carbocycles. The van der Waals surface area contributed by atoms with Gasteiger partial charge < -0.3 is 10.2 Å². The van der Waals surface area contributed by atoms with Crippen molar-refractivity contribution in [1.29, 1.82) is 0 Å². The van der Waals surface area contributed by atoms with Crippen LogP contribution in [-0.2, 0) is 6.42 Å². The van der Waals surface area contributed by atoms with Gasteiger partial charge in [-0.2, -0.15) is 0 Å². The average Bonchev–Trinajstić information content (AvgIpc) is 2.40. The molecule has 1 aliphatic heterocycles. The van der Waals surface area contributed by atoms with Crippen LogP contribution in [0.1, 0.15) is 38.8 Å². The van der Waals surface area contributed by atoms with Crippen LogP contribution >= 0.6 is 0 Å². The van der Waals surface area contributed by atoms with Gasteiger partial charge in [0.25, 0.3) is 0 Å². The summed E-state index contributed by atoms with van der Waals surface area (Å²) in [6, 6.07) is 2.48. The van der Waals surface area contributed by atoms with E-state index in [9.17, 15) is 0 Å². The summed E-state index contributed by atoms with van der Waals surface area (Å²) in [7, 11) is 0. The van der Waals surface area contributed by atoms with E-state index in [1.54, 1.807) is 6.33 Å². The fourth-order valence-electron chi connectivity index (χ4n) is 2.50. The molecule has 0 radical (unpaired) electrons. The monoisotopic (exact) mass is 248 g/mol. The van der Waals surface area contributed by atoms with Crippen LogP contribution in [0.25, 0.3) is 0 Å². The van der Waals surface area contributed by atoms with E-state index in [1.807, 2.05) is 6.07 Å². The molecule has 100 valence electrons. The summed E-state index contributed by atoms with van der Waals surface area (Å²) in [6.45, 7) is 7.93. The molecule has 1 saturated heterocycles. The van der Waals surface area contributed by atoms with Crippen molar-refractivity contribution in [3.05, 3.63) is 18.1 Å². The maximum absolute atomic E-state index is 4.28. The normalized spacial score (nSPS) is 18.6. The highest BCUT2D eigenvalue weighted by Crippen LogP contribution is 2.11. The van der Waals surface area contributed by atoms with Crippen LogP contribution in [0.5, 0.6) is 0 Å². The van der Waals surface area contributed by atoms with E-state index in [-0.39, 0.29) is 0 Å². The van der Waals surface area contributed by atoms with E-state index in [0.717, 1.165) is 24.5 Å². The van der Waals surface area contributed by atoms with Gasteiger partial charge in [-0.1, -0.05) is 13.3 Å². The third-order valence-electron chi connectivity index (χ3n) is 3.46. The predicted molar refractivity (Wildman–Crippen MR) is 74.8 cm³/mol. The molecule has 18 heavy (non-hydrogen) atoms. The van der Waals surface area contributed by atoms with Gasteiger partial charge in [0.15, 0.2) is 0 Å². The number of nitrogens with zero attached hydrogens (tertiary/aromatic N) is 3. The number of hydrogen-bond donors (Lipinski definition) is 1. The van der Waals surface area contributed by atoms with Gasteiger partial charge in [0, 0.05) is 24.3 Å². The Hall–Kier alpha value is -1.16. The Morgan fingerprint density at radius 3 is 2.78 bits per heavy atom. The molecule has 1 atom stereocenters. The number of aryl methyl sites for hydroxylation is 1. The van der Waals surface area contributed by atoms with Crippen molar-refractivity contribution in [2.24, 2.45) is 0 Å². The Morgan fingerprint density at radius 2 is 2.06 bits per heavy atom. The van der Waals surface area contributed by atoms with Crippen molar-refractivity contribution in [3.8, 4) is 0 Å². The van der Waals surface area contributed by atoms with Crippen LogP contribution in [0.15, 0.2) is 12.4 Å². The number of anilines is 1. The van der Waals surface area contributed by atoms with E-state index in [0.29, 0.717) is 6.04 Å². The molecule has 1 aliphatic rings. The fourth-order valence-corrected chi connectivity index (χ4v) is 2.50. The minimum absolute atomic E-state index is 0.433. The van der Waals surface area contributed by atoms with Gasteiger partial charge in [0.2, 0.25) is 0 Å². The summed E-state index contributed by atoms with van der Waals surface area (Å²) in [5, 5.41) is 3.47. The lowest BCUT2D eigenvalue weighted by molar-refractivity contribution is 0.223. The van der Waals surface area contributed by atoms with Gasteiger partial charge in [0.1, 0.15) is 12.1 Å². The molecule has 1 aromatic rings. The third kappa shape index (κ3) is 3.95. The van der Waals surface area contributed by atoms with Gasteiger partial charge >= 0.3 is 0 Å². The maximum Gasteiger partial charge on any atom is 0.129 e. The van der Waals surface area contributed by atoms with Gasteiger partial charge in [0.05, 0.1) is 0 Å². The highest BCUT2D eigenvalue weighted by molar-refractivity contribution is 5.35. The summed E-state index contributed by atoms with van der Waals surface area (Å²) in [5.74, 6) is 0.950. The summed E-state index contributed by atoms with van der Waals surface area (Å²) < 4.78 is 0. The SMILES string of the molecule is CCc1cc(NC(C)CN2CCCCC2)ncn1. The van der Waals surface area contributed by atoms with Crippen molar-refractivity contribution < 1.29 is 0 Å². The zero-order valence-electron chi connectivity index (χ0n) is 11.5. The molecule has 0 spiro atoms. The molecule has 1 fully saturated rings. The Kier molecular flexibility index (Phi) is 4.93. The Labute approximate surface area is 110 Å². The lowest BCUT2D eigenvalue weighted by Gasteiger charge is -2.29. The molecule has 0 amide bonds. The van der Waals surface area contributed by atoms with Crippen molar-refractivity contribution in [3.63, 3.8) is 0 Å². The molecule has 1 aromatic heterocycles. The molecule has 1 N–H and O–H groups in total. The number of rotatable bonds is 5. The zero-order chi connectivity index (χ0) is 12.8. The van der Waals surface area contributed by atoms with Gasteiger partial charge in [-0.3, -0.25) is 0 Å². The first-order valence-electron chi connectivity index (χ1n) is 7.07. The van der Waals surface area contributed by atoms with E-state index < -0.39 is 0 Å². The minimum atomic E-state index is 0.433.